The standard InChI is InChI=1S/C55H36N2O2/c1-5-17-37(18-6-1)56(38-19-7-2-8-20-38)41-29-31-45-46-35-50-54(36-52(46)58-51(45)33-41)59-53-34-42(57(39-21-9-3-10-22-39)40-23-11-4-12-24-40)30-32-49(53)55(50)47-27-15-13-25-43(47)44-26-14-16-28-48(44)55/h1-36H. The maximum atomic E-state index is 7.14. The molecule has 12 rings (SSSR count). The Kier molecular flexibility index (Phi) is 7.41. The highest BCUT2D eigenvalue weighted by Crippen LogP contribution is 2.63. The minimum atomic E-state index is -0.631. The van der Waals surface area contributed by atoms with Crippen LogP contribution < -0.4 is 14.5 Å². The molecular weight excluding hydrogens is 721 g/mol. The molecule has 0 unspecified atom stereocenters. The topological polar surface area (TPSA) is 28.9 Å². The maximum absolute atomic E-state index is 7.14. The first-order valence-corrected chi connectivity index (χ1v) is 20.1. The van der Waals surface area contributed by atoms with E-state index in [2.05, 4.69) is 228 Å². The Bertz CT molecular complexity index is 3070. The summed E-state index contributed by atoms with van der Waals surface area (Å²) < 4.78 is 14.0. The number of ether oxygens (including phenoxy) is 1. The second-order valence-corrected chi connectivity index (χ2v) is 15.3. The number of fused-ring (bicyclic) bond motifs is 12. The molecule has 1 spiro atoms. The van der Waals surface area contributed by atoms with Gasteiger partial charge in [-0.3, -0.25) is 0 Å². The van der Waals surface area contributed by atoms with E-state index in [4.69, 9.17) is 9.15 Å². The van der Waals surface area contributed by atoms with Gasteiger partial charge in [-0.1, -0.05) is 127 Å². The zero-order valence-electron chi connectivity index (χ0n) is 32.0. The Morgan fingerprint density at radius 3 is 1.29 bits per heavy atom. The van der Waals surface area contributed by atoms with Crippen LogP contribution in [-0.4, -0.2) is 0 Å². The molecule has 9 aromatic carbocycles. The van der Waals surface area contributed by atoms with Crippen molar-refractivity contribution in [1.82, 2.24) is 0 Å². The molecule has 0 saturated heterocycles. The summed E-state index contributed by atoms with van der Waals surface area (Å²) in [6.45, 7) is 0. The van der Waals surface area contributed by atoms with Gasteiger partial charge in [0, 0.05) is 74.2 Å². The van der Waals surface area contributed by atoms with Gasteiger partial charge in [0.05, 0.1) is 5.41 Å². The van der Waals surface area contributed by atoms with E-state index >= 15 is 0 Å². The quantitative estimate of drug-likeness (QED) is 0.169. The lowest BCUT2D eigenvalue weighted by atomic mass is 9.66. The molecule has 4 nitrogen and oxygen atoms in total. The highest BCUT2D eigenvalue weighted by atomic mass is 16.5. The van der Waals surface area contributed by atoms with Gasteiger partial charge in [0.1, 0.15) is 22.7 Å². The van der Waals surface area contributed by atoms with Crippen LogP contribution in [0.5, 0.6) is 11.5 Å². The minimum absolute atomic E-state index is 0.631. The van der Waals surface area contributed by atoms with Gasteiger partial charge in [-0.05, 0) is 95.1 Å². The van der Waals surface area contributed by atoms with Gasteiger partial charge in [-0.25, -0.2) is 0 Å². The molecule has 2 heterocycles. The molecule has 1 aliphatic carbocycles. The van der Waals surface area contributed by atoms with Gasteiger partial charge >= 0.3 is 0 Å². The molecule has 0 radical (unpaired) electrons. The van der Waals surface area contributed by atoms with Crippen molar-refractivity contribution >= 4 is 56.1 Å². The first kappa shape index (κ1) is 33.3. The highest BCUT2D eigenvalue weighted by Gasteiger charge is 2.51. The second-order valence-electron chi connectivity index (χ2n) is 15.3. The molecule has 0 bridgehead atoms. The van der Waals surface area contributed by atoms with Gasteiger partial charge in [0.25, 0.3) is 0 Å². The summed E-state index contributed by atoms with van der Waals surface area (Å²) in [5, 5.41) is 2.12. The lowest BCUT2D eigenvalue weighted by molar-refractivity contribution is 0.436. The fraction of sp³-hybridized carbons (Fsp3) is 0.0182. The van der Waals surface area contributed by atoms with Gasteiger partial charge in [0.15, 0.2) is 0 Å². The Morgan fingerprint density at radius 2 is 0.746 bits per heavy atom. The van der Waals surface area contributed by atoms with E-state index < -0.39 is 5.41 Å². The number of hydrogen-bond acceptors (Lipinski definition) is 4. The number of para-hydroxylation sites is 4. The molecule has 10 aromatic rings. The van der Waals surface area contributed by atoms with Crippen LogP contribution in [0, 0.1) is 0 Å². The van der Waals surface area contributed by atoms with Crippen LogP contribution in [0.15, 0.2) is 223 Å². The van der Waals surface area contributed by atoms with Crippen LogP contribution >= 0.6 is 0 Å². The third-order valence-electron chi connectivity index (χ3n) is 12.1. The van der Waals surface area contributed by atoms with E-state index in [0.29, 0.717) is 0 Å². The molecular formula is C55H36N2O2. The van der Waals surface area contributed by atoms with Crippen molar-refractivity contribution in [1.29, 1.82) is 0 Å². The van der Waals surface area contributed by atoms with E-state index in [1.807, 2.05) is 0 Å². The largest absolute Gasteiger partial charge is 0.456 e. The first-order valence-electron chi connectivity index (χ1n) is 20.1. The number of nitrogens with zero attached hydrogens (tertiary/aromatic N) is 2. The number of benzene rings is 9. The Morgan fingerprint density at radius 1 is 0.305 bits per heavy atom. The summed E-state index contributed by atoms with van der Waals surface area (Å²) in [6, 6.07) is 77.5. The number of hydrogen-bond donors (Lipinski definition) is 0. The zero-order valence-corrected chi connectivity index (χ0v) is 32.0. The maximum Gasteiger partial charge on any atom is 0.139 e. The summed E-state index contributed by atoms with van der Waals surface area (Å²) in [4.78, 5) is 4.56. The van der Waals surface area contributed by atoms with E-state index in [1.54, 1.807) is 0 Å². The molecule has 0 saturated carbocycles. The third-order valence-corrected chi connectivity index (χ3v) is 12.1. The first-order chi connectivity index (χ1) is 29.3. The van der Waals surface area contributed by atoms with Gasteiger partial charge in [-0.2, -0.15) is 0 Å². The minimum Gasteiger partial charge on any atom is -0.456 e. The fourth-order valence-corrected chi connectivity index (χ4v) is 9.64. The van der Waals surface area contributed by atoms with Crippen LogP contribution in [-0.2, 0) is 5.41 Å². The van der Waals surface area contributed by atoms with E-state index in [-0.39, 0.29) is 0 Å². The van der Waals surface area contributed by atoms with Crippen molar-refractivity contribution in [2.45, 2.75) is 5.41 Å². The third kappa shape index (κ3) is 5.03. The summed E-state index contributed by atoms with van der Waals surface area (Å²) in [5.41, 5.74) is 14.5. The lowest BCUT2D eigenvalue weighted by Crippen LogP contribution is -2.32. The van der Waals surface area contributed by atoms with Crippen molar-refractivity contribution in [3.05, 3.63) is 241 Å². The predicted octanol–water partition coefficient (Wildman–Crippen LogP) is 15.0. The SMILES string of the molecule is c1ccc(N(c2ccccc2)c2ccc3c(c2)Oc2cc4oc5cc(N(c6ccccc6)c6ccccc6)ccc5c4cc2C32c3ccccc3-c3ccccc32)cc1. The summed E-state index contributed by atoms with van der Waals surface area (Å²) in [7, 11) is 0. The number of furan rings is 1. The van der Waals surface area contributed by atoms with Gasteiger partial charge in [-0.15, -0.1) is 0 Å². The predicted molar refractivity (Wildman–Crippen MR) is 240 cm³/mol. The molecule has 1 aliphatic heterocycles. The lowest BCUT2D eigenvalue weighted by Gasteiger charge is -2.40. The molecule has 2 aliphatic rings. The summed E-state index contributed by atoms with van der Waals surface area (Å²) in [6.07, 6.45) is 0. The van der Waals surface area contributed by atoms with E-state index in [9.17, 15) is 0 Å². The highest BCUT2D eigenvalue weighted by molar-refractivity contribution is 6.08. The van der Waals surface area contributed by atoms with Crippen LogP contribution in [0.25, 0.3) is 33.1 Å². The Balaban J connectivity index is 1.09. The zero-order chi connectivity index (χ0) is 38.9. The van der Waals surface area contributed by atoms with Crippen LogP contribution in [0.1, 0.15) is 22.3 Å². The van der Waals surface area contributed by atoms with Crippen LogP contribution in [0.2, 0.25) is 0 Å². The van der Waals surface area contributed by atoms with Crippen molar-refractivity contribution < 1.29 is 9.15 Å². The molecule has 0 fully saturated rings. The number of rotatable bonds is 6. The Labute approximate surface area is 342 Å². The smallest absolute Gasteiger partial charge is 0.139 e. The molecule has 1 aromatic heterocycles. The second kappa shape index (κ2) is 13.1. The van der Waals surface area contributed by atoms with Crippen molar-refractivity contribution in [2.75, 3.05) is 9.80 Å². The average Bonchev–Trinajstić information content (AvgIpc) is 3.80. The van der Waals surface area contributed by atoms with E-state index in [0.717, 1.165) is 78.7 Å². The van der Waals surface area contributed by atoms with Gasteiger partial charge in [0.2, 0.25) is 0 Å². The number of anilines is 6. The molecule has 59 heavy (non-hydrogen) atoms. The molecule has 278 valence electrons. The molecule has 4 heteroatoms. The van der Waals surface area contributed by atoms with Crippen molar-refractivity contribution in [2.24, 2.45) is 0 Å². The Hall–Kier alpha value is -7.82. The average molecular weight is 757 g/mol. The fourth-order valence-electron chi connectivity index (χ4n) is 9.64. The summed E-state index contributed by atoms with van der Waals surface area (Å²) >= 11 is 0. The molecule has 0 atom stereocenters. The van der Waals surface area contributed by atoms with E-state index in [1.165, 1.54) is 22.3 Å². The van der Waals surface area contributed by atoms with Crippen molar-refractivity contribution in [3.8, 4) is 22.6 Å². The van der Waals surface area contributed by atoms with Crippen LogP contribution in [0.3, 0.4) is 0 Å². The van der Waals surface area contributed by atoms with Gasteiger partial charge < -0.3 is 19.0 Å². The van der Waals surface area contributed by atoms with Crippen LogP contribution in [0.4, 0.5) is 34.1 Å². The normalized spacial score (nSPS) is 13.0. The summed E-state index contributed by atoms with van der Waals surface area (Å²) in [5.74, 6) is 1.60. The molecule has 0 N–H and O–H groups in total. The monoisotopic (exact) mass is 756 g/mol. The van der Waals surface area contributed by atoms with Crippen molar-refractivity contribution in [3.63, 3.8) is 0 Å². The molecule has 0 amide bonds.